The van der Waals surface area contributed by atoms with Crippen LogP contribution in [0.5, 0.6) is 0 Å². The van der Waals surface area contributed by atoms with Crippen LogP contribution in [0.1, 0.15) is 37.9 Å². The molecule has 2 aromatic rings. The minimum absolute atomic E-state index is 0.0913. The van der Waals surface area contributed by atoms with Gasteiger partial charge in [0.1, 0.15) is 5.60 Å². The summed E-state index contributed by atoms with van der Waals surface area (Å²) in [5.41, 5.74) is 8.22. The van der Waals surface area contributed by atoms with Crippen LogP contribution in [0.25, 0.3) is 0 Å². The van der Waals surface area contributed by atoms with Crippen molar-refractivity contribution >= 4 is 6.09 Å². The molecule has 1 aliphatic rings. The molecule has 0 bridgehead atoms. The van der Waals surface area contributed by atoms with Crippen molar-refractivity contribution in [3.63, 3.8) is 0 Å². The zero-order valence-electron chi connectivity index (χ0n) is 17.2. The second-order valence-corrected chi connectivity index (χ2v) is 7.92. The number of nitrogens with zero attached hydrogens (tertiary/aromatic N) is 1. The molecule has 2 aromatic carbocycles. The highest BCUT2D eigenvalue weighted by Gasteiger charge is 2.22. The van der Waals surface area contributed by atoms with Crippen molar-refractivity contribution in [3.8, 4) is 0 Å². The Bertz CT molecular complexity index is 693. The average molecular weight is 384 g/mol. The van der Waals surface area contributed by atoms with E-state index in [1.54, 1.807) is 4.90 Å². The van der Waals surface area contributed by atoms with Crippen LogP contribution in [0, 0.1) is 0 Å². The first-order valence-corrected chi connectivity index (χ1v) is 9.88. The standard InChI is InChI=1S/C14H15N.C9H18N2O2/c15-14(13-9-5-2-6-10-13)11-12-7-3-1-4-8-12;1-9(2,3)13-8(12)11-6-4-10-5-7-11/h1-10,14H,11,15H2;10H,4-7H2,1-3H3. The molecule has 0 radical (unpaired) electrons. The number of amides is 1. The number of hydrogen-bond acceptors (Lipinski definition) is 4. The van der Waals surface area contributed by atoms with Gasteiger partial charge in [0.15, 0.2) is 0 Å². The van der Waals surface area contributed by atoms with Crippen LogP contribution in [0.4, 0.5) is 4.79 Å². The summed E-state index contributed by atoms with van der Waals surface area (Å²) in [6.45, 7) is 8.86. The van der Waals surface area contributed by atoms with Gasteiger partial charge < -0.3 is 20.7 Å². The Kier molecular flexibility index (Phi) is 8.48. The molecule has 5 nitrogen and oxygen atoms in total. The lowest BCUT2D eigenvalue weighted by molar-refractivity contribution is 0.0229. The zero-order valence-corrected chi connectivity index (χ0v) is 17.2. The molecule has 0 aliphatic carbocycles. The third-order valence-corrected chi connectivity index (χ3v) is 4.29. The molecule has 5 heteroatoms. The fourth-order valence-electron chi connectivity index (χ4n) is 2.86. The summed E-state index contributed by atoms with van der Waals surface area (Å²) in [5.74, 6) is 0. The van der Waals surface area contributed by atoms with E-state index in [9.17, 15) is 4.79 Å². The minimum Gasteiger partial charge on any atom is -0.444 e. The van der Waals surface area contributed by atoms with E-state index in [1.165, 1.54) is 11.1 Å². The summed E-state index contributed by atoms with van der Waals surface area (Å²) in [6, 6.07) is 20.7. The van der Waals surface area contributed by atoms with E-state index in [0.717, 1.165) is 32.6 Å². The molecule has 3 rings (SSSR count). The number of nitrogens with one attached hydrogen (secondary N) is 1. The normalized spacial score (nSPS) is 15.2. The molecule has 1 aliphatic heterocycles. The molecule has 28 heavy (non-hydrogen) atoms. The maximum Gasteiger partial charge on any atom is 0.410 e. The zero-order chi connectivity index (χ0) is 20.4. The maximum atomic E-state index is 11.5. The average Bonchev–Trinajstić information content (AvgIpc) is 2.69. The van der Waals surface area contributed by atoms with Gasteiger partial charge in [0, 0.05) is 32.2 Å². The summed E-state index contributed by atoms with van der Waals surface area (Å²) in [4.78, 5) is 13.2. The van der Waals surface area contributed by atoms with Gasteiger partial charge in [0.25, 0.3) is 0 Å². The number of rotatable bonds is 3. The molecule has 1 fully saturated rings. The van der Waals surface area contributed by atoms with Crippen LogP contribution in [0.2, 0.25) is 0 Å². The summed E-state index contributed by atoms with van der Waals surface area (Å²) < 4.78 is 5.24. The van der Waals surface area contributed by atoms with Crippen LogP contribution >= 0.6 is 0 Å². The number of benzene rings is 2. The lowest BCUT2D eigenvalue weighted by Gasteiger charge is -2.30. The number of carbonyl (C=O) groups excluding carboxylic acids is 1. The fourth-order valence-corrected chi connectivity index (χ4v) is 2.86. The monoisotopic (exact) mass is 383 g/mol. The van der Waals surface area contributed by atoms with E-state index in [2.05, 4.69) is 29.6 Å². The van der Waals surface area contributed by atoms with Crippen LogP contribution in [-0.2, 0) is 11.2 Å². The largest absolute Gasteiger partial charge is 0.444 e. The van der Waals surface area contributed by atoms with Gasteiger partial charge in [-0.25, -0.2) is 4.79 Å². The quantitative estimate of drug-likeness (QED) is 0.847. The third-order valence-electron chi connectivity index (χ3n) is 4.29. The minimum atomic E-state index is -0.387. The van der Waals surface area contributed by atoms with Crippen molar-refractivity contribution < 1.29 is 9.53 Å². The van der Waals surface area contributed by atoms with Crippen LogP contribution in [0.15, 0.2) is 60.7 Å². The number of piperazine rings is 1. The summed E-state index contributed by atoms with van der Waals surface area (Å²) in [7, 11) is 0. The van der Waals surface area contributed by atoms with Crippen molar-refractivity contribution in [1.29, 1.82) is 0 Å². The fraction of sp³-hybridized carbons (Fsp3) is 0.435. The third kappa shape index (κ3) is 8.11. The van der Waals surface area contributed by atoms with Crippen LogP contribution in [-0.4, -0.2) is 42.8 Å². The second-order valence-electron chi connectivity index (χ2n) is 7.92. The summed E-state index contributed by atoms with van der Waals surface area (Å²) in [6.07, 6.45) is 0.694. The summed E-state index contributed by atoms with van der Waals surface area (Å²) in [5, 5.41) is 3.18. The highest BCUT2D eigenvalue weighted by molar-refractivity contribution is 5.68. The van der Waals surface area contributed by atoms with Gasteiger partial charge in [-0.3, -0.25) is 0 Å². The first kappa shape index (κ1) is 21.9. The van der Waals surface area contributed by atoms with Gasteiger partial charge in [-0.1, -0.05) is 60.7 Å². The second kappa shape index (κ2) is 10.8. The Labute approximate surface area is 168 Å². The van der Waals surface area contributed by atoms with Gasteiger partial charge in [-0.05, 0) is 38.3 Å². The van der Waals surface area contributed by atoms with E-state index in [-0.39, 0.29) is 17.7 Å². The summed E-state index contributed by atoms with van der Waals surface area (Å²) >= 11 is 0. The molecule has 1 heterocycles. The van der Waals surface area contributed by atoms with Gasteiger partial charge in [-0.15, -0.1) is 0 Å². The molecule has 0 spiro atoms. The molecule has 0 aromatic heterocycles. The van der Waals surface area contributed by atoms with Crippen molar-refractivity contribution in [2.75, 3.05) is 26.2 Å². The smallest absolute Gasteiger partial charge is 0.410 e. The predicted octanol–water partition coefficient (Wildman–Crippen LogP) is 3.76. The highest BCUT2D eigenvalue weighted by atomic mass is 16.6. The van der Waals surface area contributed by atoms with E-state index < -0.39 is 0 Å². The Hall–Kier alpha value is -2.37. The molecule has 0 saturated carbocycles. The molecule has 1 atom stereocenters. The first-order chi connectivity index (χ1) is 13.3. The lowest BCUT2D eigenvalue weighted by atomic mass is 10.00. The van der Waals surface area contributed by atoms with Crippen LogP contribution in [0.3, 0.4) is 0 Å². The molecule has 1 unspecified atom stereocenters. The van der Waals surface area contributed by atoms with Crippen molar-refractivity contribution in [2.45, 2.75) is 38.8 Å². The maximum absolute atomic E-state index is 11.5. The van der Waals surface area contributed by atoms with Gasteiger partial charge in [-0.2, -0.15) is 0 Å². The lowest BCUT2D eigenvalue weighted by Crippen LogP contribution is -2.48. The van der Waals surface area contributed by atoms with E-state index in [4.69, 9.17) is 10.5 Å². The number of carbonyl (C=O) groups is 1. The van der Waals surface area contributed by atoms with Gasteiger partial charge >= 0.3 is 6.09 Å². The van der Waals surface area contributed by atoms with E-state index >= 15 is 0 Å². The topological polar surface area (TPSA) is 67.6 Å². The predicted molar refractivity (Wildman–Crippen MR) is 114 cm³/mol. The number of hydrogen-bond donors (Lipinski definition) is 2. The molecule has 3 N–H and O–H groups in total. The molecular weight excluding hydrogens is 350 g/mol. The van der Waals surface area contributed by atoms with E-state index in [1.807, 2.05) is 57.2 Å². The van der Waals surface area contributed by atoms with Gasteiger partial charge in [0.2, 0.25) is 0 Å². The Morgan fingerprint density at radius 1 is 1.04 bits per heavy atom. The van der Waals surface area contributed by atoms with E-state index in [0.29, 0.717) is 0 Å². The Morgan fingerprint density at radius 3 is 2.11 bits per heavy atom. The van der Waals surface area contributed by atoms with Crippen molar-refractivity contribution in [2.24, 2.45) is 5.73 Å². The highest BCUT2D eigenvalue weighted by Crippen LogP contribution is 2.15. The van der Waals surface area contributed by atoms with Crippen molar-refractivity contribution in [1.82, 2.24) is 10.2 Å². The number of ether oxygens (including phenoxy) is 1. The number of nitrogens with two attached hydrogens (primary N) is 1. The Balaban J connectivity index is 0.000000203. The van der Waals surface area contributed by atoms with Crippen LogP contribution < -0.4 is 11.1 Å². The molecule has 1 saturated heterocycles. The van der Waals surface area contributed by atoms with Gasteiger partial charge in [0.05, 0.1) is 0 Å². The Morgan fingerprint density at radius 2 is 1.57 bits per heavy atom. The SMILES string of the molecule is CC(C)(C)OC(=O)N1CCNCC1.NC(Cc1ccccc1)c1ccccc1. The first-order valence-electron chi connectivity index (χ1n) is 9.88. The molecular formula is C23H33N3O2. The molecule has 1 amide bonds. The van der Waals surface area contributed by atoms with Crippen molar-refractivity contribution in [3.05, 3.63) is 71.8 Å². The molecule has 152 valence electrons.